The standard InChI is InChI=1S/C20H20ClFN2O5S/c1-29-19-7-3-14(22)9-13(19)8-12-2-4-15(25)11-24(20(12)26)30(27,28)16-5-6-17(21)18(23)10-16/h3,5-7,9-10,12H,2,4,8,11,23H2,1H3. The Kier molecular flexibility index (Phi) is 6.33. The molecule has 1 unspecified atom stereocenters. The lowest BCUT2D eigenvalue weighted by Crippen LogP contribution is -2.42. The minimum atomic E-state index is -4.34. The highest BCUT2D eigenvalue weighted by Crippen LogP contribution is 2.30. The first kappa shape index (κ1) is 22.0. The Hall–Kier alpha value is -2.65. The van der Waals surface area contributed by atoms with E-state index in [1.54, 1.807) is 0 Å². The molecule has 2 aromatic carbocycles. The quantitative estimate of drug-likeness (QED) is 0.696. The lowest BCUT2D eigenvalue weighted by atomic mass is 9.93. The number of ether oxygens (including phenoxy) is 1. The van der Waals surface area contributed by atoms with Crippen molar-refractivity contribution >= 4 is 39.0 Å². The van der Waals surface area contributed by atoms with E-state index in [1.807, 2.05) is 0 Å². The van der Waals surface area contributed by atoms with Crippen LogP contribution < -0.4 is 10.5 Å². The number of nitrogen functional groups attached to an aromatic ring is 1. The second-order valence-electron chi connectivity index (χ2n) is 6.97. The van der Waals surface area contributed by atoms with E-state index in [2.05, 4.69) is 0 Å². The van der Waals surface area contributed by atoms with Gasteiger partial charge in [0.2, 0.25) is 5.91 Å². The Morgan fingerprint density at radius 2 is 1.97 bits per heavy atom. The van der Waals surface area contributed by atoms with Gasteiger partial charge in [-0.25, -0.2) is 17.1 Å². The molecule has 1 fully saturated rings. The molecule has 0 aliphatic carbocycles. The van der Waals surface area contributed by atoms with Crippen molar-refractivity contribution in [2.75, 3.05) is 19.4 Å². The zero-order valence-electron chi connectivity index (χ0n) is 16.1. The maximum absolute atomic E-state index is 13.7. The normalized spacial score (nSPS) is 17.7. The number of hydrogen-bond acceptors (Lipinski definition) is 6. The van der Waals surface area contributed by atoms with Crippen molar-refractivity contribution in [3.63, 3.8) is 0 Å². The molecular weight excluding hydrogens is 435 g/mol. The maximum Gasteiger partial charge on any atom is 0.266 e. The summed E-state index contributed by atoms with van der Waals surface area (Å²) in [6, 6.07) is 7.57. The highest BCUT2D eigenvalue weighted by molar-refractivity contribution is 7.89. The molecule has 10 heteroatoms. The molecule has 30 heavy (non-hydrogen) atoms. The summed E-state index contributed by atoms with van der Waals surface area (Å²) in [5.74, 6) is -2.10. The minimum Gasteiger partial charge on any atom is -0.496 e. The van der Waals surface area contributed by atoms with Gasteiger partial charge >= 0.3 is 0 Å². The lowest BCUT2D eigenvalue weighted by Gasteiger charge is -2.24. The van der Waals surface area contributed by atoms with Crippen molar-refractivity contribution in [3.05, 3.63) is 52.8 Å². The van der Waals surface area contributed by atoms with E-state index in [4.69, 9.17) is 22.1 Å². The number of benzene rings is 2. The number of Topliss-reactive ketones (excluding diaryl/α,β-unsaturated/α-hetero) is 1. The zero-order valence-corrected chi connectivity index (χ0v) is 17.7. The first-order valence-electron chi connectivity index (χ1n) is 9.09. The van der Waals surface area contributed by atoms with Gasteiger partial charge in [0.25, 0.3) is 10.0 Å². The highest BCUT2D eigenvalue weighted by atomic mass is 35.5. The highest BCUT2D eigenvalue weighted by Gasteiger charge is 2.38. The third-order valence-electron chi connectivity index (χ3n) is 4.95. The fourth-order valence-electron chi connectivity index (χ4n) is 3.35. The van der Waals surface area contributed by atoms with E-state index < -0.39 is 34.2 Å². The van der Waals surface area contributed by atoms with Gasteiger partial charge in [0.1, 0.15) is 11.6 Å². The van der Waals surface area contributed by atoms with Gasteiger partial charge in [-0.1, -0.05) is 11.6 Å². The van der Waals surface area contributed by atoms with Crippen LogP contribution in [-0.4, -0.2) is 38.1 Å². The van der Waals surface area contributed by atoms with Crippen LogP contribution in [0, 0.1) is 11.7 Å². The smallest absolute Gasteiger partial charge is 0.266 e. The first-order valence-corrected chi connectivity index (χ1v) is 10.9. The van der Waals surface area contributed by atoms with E-state index >= 15 is 0 Å². The van der Waals surface area contributed by atoms with Crippen LogP contribution in [0.4, 0.5) is 10.1 Å². The zero-order chi connectivity index (χ0) is 22.1. The van der Waals surface area contributed by atoms with Crippen LogP contribution in [0.25, 0.3) is 0 Å². The van der Waals surface area contributed by atoms with Gasteiger partial charge in [-0.05, 0) is 54.8 Å². The van der Waals surface area contributed by atoms with Crippen LogP contribution in [-0.2, 0) is 26.0 Å². The summed E-state index contributed by atoms with van der Waals surface area (Å²) in [5, 5.41) is 0.170. The van der Waals surface area contributed by atoms with Crippen molar-refractivity contribution in [1.29, 1.82) is 0 Å². The Balaban J connectivity index is 1.97. The van der Waals surface area contributed by atoms with Crippen molar-refractivity contribution in [3.8, 4) is 5.75 Å². The number of anilines is 1. The summed E-state index contributed by atoms with van der Waals surface area (Å²) in [6.45, 7) is -0.569. The largest absolute Gasteiger partial charge is 0.496 e. The predicted octanol–water partition coefficient (Wildman–Crippen LogP) is 2.81. The number of amides is 1. The fraction of sp³-hybridized carbons (Fsp3) is 0.300. The summed E-state index contributed by atoms with van der Waals surface area (Å²) in [7, 11) is -2.92. The van der Waals surface area contributed by atoms with E-state index in [9.17, 15) is 22.4 Å². The molecule has 0 radical (unpaired) electrons. The molecule has 1 saturated heterocycles. The average molecular weight is 455 g/mol. The molecule has 2 aromatic rings. The van der Waals surface area contributed by atoms with Crippen LogP contribution in [0.3, 0.4) is 0 Å². The van der Waals surface area contributed by atoms with Gasteiger partial charge in [-0.15, -0.1) is 0 Å². The summed E-state index contributed by atoms with van der Waals surface area (Å²) in [5.41, 5.74) is 6.15. The Morgan fingerprint density at radius 1 is 1.23 bits per heavy atom. The number of nitrogens with two attached hydrogens (primary N) is 1. The first-order chi connectivity index (χ1) is 14.1. The number of halogens is 2. The van der Waals surface area contributed by atoms with Crippen molar-refractivity contribution in [1.82, 2.24) is 4.31 Å². The van der Waals surface area contributed by atoms with Crippen LogP contribution in [0.2, 0.25) is 5.02 Å². The number of sulfonamides is 1. The molecule has 1 aliphatic heterocycles. The molecule has 0 spiro atoms. The van der Waals surface area contributed by atoms with Crippen molar-refractivity contribution in [2.45, 2.75) is 24.2 Å². The van der Waals surface area contributed by atoms with E-state index in [0.717, 1.165) is 6.07 Å². The van der Waals surface area contributed by atoms with E-state index in [-0.39, 0.29) is 40.7 Å². The molecule has 0 aromatic heterocycles. The summed E-state index contributed by atoms with van der Waals surface area (Å²) in [6.07, 6.45) is 0.205. The van der Waals surface area contributed by atoms with Crippen LogP contribution in [0.5, 0.6) is 5.75 Å². The monoisotopic (exact) mass is 454 g/mol. The van der Waals surface area contributed by atoms with Gasteiger partial charge in [-0.2, -0.15) is 0 Å². The third-order valence-corrected chi connectivity index (χ3v) is 7.03. The number of methoxy groups -OCH3 is 1. The number of ketones is 1. The molecule has 160 valence electrons. The predicted molar refractivity (Wildman–Crippen MR) is 109 cm³/mol. The molecular formula is C20H20ClFN2O5S. The lowest BCUT2D eigenvalue weighted by molar-refractivity contribution is -0.131. The molecule has 0 saturated carbocycles. The Bertz CT molecular complexity index is 1110. The van der Waals surface area contributed by atoms with Crippen LogP contribution in [0.15, 0.2) is 41.3 Å². The second-order valence-corrected chi connectivity index (χ2v) is 9.24. The molecule has 1 aliphatic rings. The van der Waals surface area contributed by atoms with Crippen molar-refractivity contribution in [2.24, 2.45) is 5.92 Å². The molecule has 1 amide bonds. The van der Waals surface area contributed by atoms with E-state index in [0.29, 0.717) is 15.6 Å². The number of carbonyl (C=O) groups excluding carboxylic acids is 2. The molecule has 3 rings (SSSR count). The van der Waals surface area contributed by atoms with Gasteiger partial charge in [0.15, 0.2) is 5.78 Å². The van der Waals surface area contributed by atoms with Crippen LogP contribution in [0.1, 0.15) is 18.4 Å². The molecule has 2 N–H and O–H groups in total. The number of hydrogen-bond donors (Lipinski definition) is 1. The molecule has 1 heterocycles. The number of nitrogens with zero attached hydrogens (tertiary/aromatic N) is 1. The van der Waals surface area contributed by atoms with Crippen molar-refractivity contribution < 1.29 is 27.1 Å². The van der Waals surface area contributed by atoms with Crippen LogP contribution >= 0.6 is 11.6 Å². The Labute approximate surface area is 178 Å². The second kappa shape index (κ2) is 8.61. The Morgan fingerprint density at radius 3 is 2.63 bits per heavy atom. The van der Waals surface area contributed by atoms with Gasteiger partial charge in [-0.3, -0.25) is 9.59 Å². The molecule has 1 atom stereocenters. The fourth-order valence-corrected chi connectivity index (χ4v) is 4.94. The van der Waals surface area contributed by atoms with Gasteiger partial charge in [0, 0.05) is 12.3 Å². The van der Waals surface area contributed by atoms with Gasteiger partial charge in [0.05, 0.1) is 29.3 Å². The number of carbonyl (C=O) groups is 2. The maximum atomic E-state index is 13.7. The SMILES string of the molecule is COc1ccc(F)cc1CC1CCC(=O)CN(S(=O)(=O)c2ccc(Cl)c(N)c2)C1=O. The van der Waals surface area contributed by atoms with Gasteiger partial charge < -0.3 is 10.5 Å². The number of rotatable bonds is 5. The average Bonchev–Trinajstić information content (AvgIpc) is 2.84. The topological polar surface area (TPSA) is 107 Å². The minimum absolute atomic E-state index is 0.0296. The molecule has 7 nitrogen and oxygen atoms in total. The summed E-state index contributed by atoms with van der Waals surface area (Å²) >= 11 is 5.85. The van der Waals surface area contributed by atoms with E-state index in [1.165, 1.54) is 37.4 Å². The summed E-state index contributed by atoms with van der Waals surface area (Å²) < 4.78 is 45.7. The summed E-state index contributed by atoms with van der Waals surface area (Å²) in [4.78, 5) is 25.1. The molecule has 0 bridgehead atoms. The third kappa shape index (κ3) is 4.41.